The number of hydrogen-bond donors (Lipinski definition) is 1. The van der Waals surface area contributed by atoms with E-state index in [4.69, 9.17) is 4.74 Å². The molecule has 0 saturated heterocycles. The fourth-order valence-electron chi connectivity index (χ4n) is 2.16. The molecule has 0 saturated carbocycles. The Morgan fingerprint density at radius 3 is 2.85 bits per heavy atom. The van der Waals surface area contributed by atoms with Gasteiger partial charge in [0.25, 0.3) is 0 Å². The minimum atomic E-state index is -0.210. The second-order valence-electron chi connectivity index (χ2n) is 4.56. The molecule has 1 aromatic heterocycles. The molecule has 2 rings (SSSR count). The van der Waals surface area contributed by atoms with Crippen molar-refractivity contribution >= 4 is 0 Å². The molecule has 1 heterocycles. The van der Waals surface area contributed by atoms with Gasteiger partial charge < -0.3 is 10.1 Å². The molecule has 0 bridgehead atoms. The first kappa shape index (κ1) is 14.5. The molecule has 0 fully saturated rings. The Morgan fingerprint density at radius 1 is 1.30 bits per heavy atom. The molecule has 1 N–H and O–H groups in total. The number of nitrogens with one attached hydrogen (secondary N) is 1. The van der Waals surface area contributed by atoms with Crippen molar-refractivity contribution in [3.8, 4) is 5.75 Å². The minimum absolute atomic E-state index is 0.0738. The van der Waals surface area contributed by atoms with E-state index in [1.807, 2.05) is 32.3 Å². The molecule has 0 aliphatic heterocycles. The zero-order valence-electron chi connectivity index (χ0n) is 11.8. The molecular formula is C16H19FN2O. The highest BCUT2D eigenvalue weighted by molar-refractivity contribution is 5.28. The number of aromatic nitrogens is 1. The van der Waals surface area contributed by atoms with Crippen molar-refractivity contribution in [3.05, 3.63) is 59.7 Å². The summed E-state index contributed by atoms with van der Waals surface area (Å²) in [5, 5.41) is 3.24. The Bertz CT molecular complexity index is 560. The van der Waals surface area contributed by atoms with Crippen molar-refractivity contribution in [3.63, 3.8) is 0 Å². The molecule has 106 valence electrons. The van der Waals surface area contributed by atoms with Crippen LogP contribution in [0.1, 0.15) is 24.1 Å². The number of halogens is 1. The van der Waals surface area contributed by atoms with E-state index in [0.717, 1.165) is 16.9 Å². The number of rotatable bonds is 6. The van der Waals surface area contributed by atoms with E-state index in [1.54, 1.807) is 18.3 Å². The van der Waals surface area contributed by atoms with Crippen molar-refractivity contribution in [1.82, 2.24) is 10.3 Å². The first-order chi connectivity index (χ1) is 9.72. The third-order valence-electron chi connectivity index (χ3n) is 3.12. The van der Waals surface area contributed by atoms with Crippen LogP contribution < -0.4 is 10.1 Å². The Morgan fingerprint density at radius 2 is 2.15 bits per heavy atom. The van der Waals surface area contributed by atoms with Gasteiger partial charge in [0.1, 0.15) is 11.6 Å². The maximum absolute atomic E-state index is 13.2. The fraction of sp³-hybridized carbons (Fsp3) is 0.312. The molecule has 0 spiro atoms. The second kappa shape index (κ2) is 7.01. The van der Waals surface area contributed by atoms with E-state index < -0.39 is 0 Å². The summed E-state index contributed by atoms with van der Waals surface area (Å²) in [6.07, 6.45) is 4.20. The van der Waals surface area contributed by atoms with Gasteiger partial charge in [0.15, 0.2) is 0 Å². The summed E-state index contributed by atoms with van der Waals surface area (Å²) in [5.41, 5.74) is 1.98. The molecule has 0 aliphatic rings. The quantitative estimate of drug-likeness (QED) is 0.878. The summed E-state index contributed by atoms with van der Waals surface area (Å²) >= 11 is 0. The van der Waals surface area contributed by atoms with E-state index in [0.29, 0.717) is 13.0 Å². The molecule has 2 aromatic rings. The molecule has 1 atom stereocenters. The average Bonchev–Trinajstić information content (AvgIpc) is 2.45. The predicted octanol–water partition coefficient (Wildman–Crippen LogP) is 3.12. The van der Waals surface area contributed by atoms with Gasteiger partial charge >= 0.3 is 0 Å². The van der Waals surface area contributed by atoms with Crippen LogP contribution in [0.4, 0.5) is 4.39 Å². The summed E-state index contributed by atoms with van der Waals surface area (Å²) in [4.78, 5) is 4.19. The molecule has 1 aromatic carbocycles. The summed E-state index contributed by atoms with van der Waals surface area (Å²) in [5.74, 6) is 0.544. The lowest BCUT2D eigenvalue weighted by Gasteiger charge is -2.17. The summed E-state index contributed by atoms with van der Waals surface area (Å²) in [6.45, 7) is 2.55. The zero-order chi connectivity index (χ0) is 14.4. The Labute approximate surface area is 118 Å². The van der Waals surface area contributed by atoms with Gasteiger partial charge in [-0.05, 0) is 49.7 Å². The van der Waals surface area contributed by atoms with Gasteiger partial charge in [-0.3, -0.25) is 4.98 Å². The third-order valence-corrected chi connectivity index (χ3v) is 3.12. The molecule has 0 radical (unpaired) electrons. The number of nitrogens with zero attached hydrogens (tertiary/aromatic N) is 1. The normalized spacial score (nSPS) is 12.2. The topological polar surface area (TPSA) is 34.1 Å². The van der Waals surface area contributed by atoms with E-state index in [1.165, 1.54) is 6.07 Å². The lowest BCUT2D eigenvalue weighted by atomic mass is 10.0. The standard InChI is InChI=1S/C16H19FN2O/c1-3-20-15-9-13(10-19-11-15)16(18-2)8-12-5-4-6-14(17)7-12/h4-7,9-11,16,18H,3,8H2,1-2H3. The zero-order valence-corrected chi connectivity index (χ0v) is 11.8. The first-order valence-electron chi connectivity index (χ1n) is 6.72. The lowest BCUT2D eigenvalue weighted by Crippen LogP contribution is -2.19. The summed E-state index contributed by atoms with van der Waals surface area (Å²) in [7, 11) is 1.89. The molecule has 20 heavy (non-hydrogen) atoms. The van der Waals surface area contributed by atoms with Gasteiger partial charge in [-0.15, -0.1) is 0 Å². The van der Waals surface area contributed by atoms with Crippen LogP contribution in [0.15, 0.2) is 42.7 Å². The third kappa shape index (κ3) is 3.78. The smallest absolute Gasteiger partial charge is 0.137 e. The van der Waals surface area contributed by atoms with Gasteiger partial charge in [-0.2, -0.15) is 0 Å². The van der Waals surface area contributed by atoms with Crippen molar-refractivity contribution in [2.75, 3.05) is 13.7 Å². The van der Waals surface area contributed by atoms with Crippen LogP contribution in [0.3, 0.4) is 0 Å². The van der Waals surface area contributed by atoms with E-state index >= 15 is 0 Å². The van der Waals surface area contributed by atoms with Crippen LogP contribution in [0.5, 0.6) is 5.75 Å². The first-order valence-corrected chi connectivity index (χ1v) is 6.72. The highest BCUT2D eigenvalue weighted by Gasteiger charge is 2.12. The lowest BCUT2D eigenvalue weighted by molar-refractivity contribution is 0.338. The van der Waals surface area contributed by atoms with Crippen molar-refractivity contribution in [1.29, 1.82) is 0 Å². The summed E-state index contributed by atoms with van der Waals surface area (Å²) in [6, 6.07) is 8.71. The SMILES string of the molecule is CCOc1cncc(C(Cc2cccc(F)c2)NC)c1. The van der Waals surface area contributed by atoms with Gasteiger partial charge in [0.2, 0.25) is 0 Å². The summed E-state index contributed by atoms with van der Waals surface area (Å²) < 4.78 is 18.7. The maximum Gasteiger partial charge on any atom is 0.137 e. The van der Waals surface area contributed by atoms with Crippen molar-refractivity contribution < 1.29 is 9.13 Å². The average molecular weight is 274 g/mol. The van der Waals surface area contributed by atoms with Crippen molar-refractivity contribution in [2.24, 2.45) is 0 Å². The monoisotopic (exact) mass is 274 g/mol. The van der Waals surface area contributed by atoms with Crippen LogP contribution in [0.2, 0.25) is 0 Å². The van der Waals surface area contributed by atoms with Crippen LogP contribution in [0.25, 0.3) is 0 Å². The van der Waals surface area contributed by atoms with E-state index in [-0.39, 0.29) is 11.9 Å². The van der Waals surface area contributed by atoms with Crippen LogP contribution in [0, 0.1) is 5.82 Å². The predicted molar refractivity (Wildman–Crippen MR) is 77.3 cm³/mol. The van der Waals surface area contributed by atoms with Crippen LogP contribution in [-0.4, -0.2) is 18.6 Å². The maximum atomic E-state index is 13.2. The van der Waals surface area contributed by atoms with Gasteiger partial charge in [0.05, 0.1) is 12.8 Å². The van der Waals surface area contributed by atoms with E-state index in [2.05, 4.69) is 10.3 Å². The van der Waals surface area contributed by atoms with Gasteiger partial charge in [-0.1, -0.05) is 12.1 Å². The Balaban J connectivity index is 2.17. The van der Waals surface area contributed by atoms with Gasteiger partial charge in [-0.25, -0.2) is 4.39 Å². The molecule has 4 heteroatoms. The number of likely N-dealkylation sites (N-methyl/N-ethyl adjacent to an activating group) is 1. The minimum Gasteiger partial charge on any atom is -0.492 e. The molecular weight excluding hydrogens is 255 g/mol. The second-order valence-corrected chi connectivity index (χ2v) is 4.56. The Kier molecular flexibility index (Phi) is 5.07. The highest BCUT2D eigenvalue weighted by atomic mass is 19.1. The molecule has 0 aliphatic carbocycles. The highest BCUT2D eigenvalue weighted by Crippen LogP contribution is 2.21. The molecule has 3 nitrogen and oxygen atoms in total. The number of benzene rings is 1. The number of pyridine rings is 1. The Hall–Kier alpha value is -1.94. The van der Waals surface area contributed by atoms with E-state index in [9.17, 15) is 4.39 Å². The fourth-order valence-corrected chi connectivity index (χ4v) is 2.16. The number of hydrogen-bond acceptors (Lipinski definition) is 3. The van der Waals surface area contributed by atoms with Crippen LogP contribution in [-0.2, 0) is 6.42 Å². The van der Waals surface area contributed by atoms with Crippen molar-refractivity contribution in [2.45, 2.75) is 19.4 Å². The molecule has 0 amide bonds. The van der Waals surface area contributed by atoms with Crippen LogP contribution >= 0.6 is 0 Å². The van der Waals surface area contributed by atoms with Gasteiger partial charge in [0, 0.05) is 12.2 Å². The number of ether oxygens (including phenoxy) is 1. The largest absolute Gasteiger partial charge is 0.492 e. The molecule has 1 unspecified atom stereocenters.